The summed E-state index contributed by atoms with van der Waals surface area (Å²) in [6.45, 7) is 4.27. The lowest BCUT2D eigenvalue weighted by atomic mass is 10.1. The Balaban J connectivity index is 2.67. The molecule has 0 amide bonds. The largest absolute Gasteiger partial charge is 0.264 e. The lowest BCUT2D eigenvalue weighted by molar-refractivity contribution is 0.606. The Labute approximate surface area is 62.1 Å². The fourth-order valence-electron chi connectivity index (χ4n) is 0.539. The van der Waals surface area contributed by atoms with E-state index in [1.165, 1.54) is 0 Å². The second-order valence-corrected chi connectivity index (χ2v) is 4.71. The first-order chi connectivity index (χ1) is 3.60. The molecular formula is C5H8BrNS. The van der Waals surface area contributed by atoms with Crippen LogP contribution >= 0.6 is 27.7 Å². The highest BCUT2D eigenvalue weighted by atomic mass is 79.9. The van der Waals surface area contributed by atoms with Crippen LogP contribution in [0, 0.1) is 0 Å². The topological polar surface area (TPSA) is 12.4 Å². The van der Waals surface area contributed by atoms with Gasteiger partial charge in [0.1, 0.15) is 3.95 Å². The zero-order valence-electron chi connectivity index (χ0n) is 4.94. The van der Waals surface area contributed by atoms with Gasteiger partial charge in [0.05, 0.1) is 5.54 Å². The molecule has 0 fully saturated rings. The second-order valence-electron chi connectivity index (χ2n) is 2.47. The zero-order chi connectivity index (χ0) is 6.20. The Hall–Kier alpha value is 0.500. The summed E-state index contributed by atoms with van der Waals surface area (Å²) < 4.78 is 1.04. The van der Waals surface area contributed by atoms with E-state index in [1.54, 1.807) is 11.8 Å². The van der Waals surface area contributed by atoms with Crippen molar-refractivity contribution in [1.82, 2.24) is 0 Å². The molecule has 0 N–H and O–H groups in total. The lowest BCUT2D eigenvalue weighted by Crippen LogP contribution is -2.14. The maximum atomic E-state index is 4.32. The molecule has 3 heteroatoms. The van der Waals surface area contributed by atoms with Gasteiger partial charge in [-0.1, -0.05) is 11.8 Å². The number of hydrogen-bond acceptors (Lipinski definition) is 2. The molecular weight excluding hydrogens is 186 g/mol. The molecule has 1 nitrogen and oxygen atoms in total. The third kappa shape index (κ3) is 1.49. The Kier molecular flexibility index (Phi) is 1.68. The van der Waals surface area contributed by atoms with Crippen LogP contribution in [0.2, 0.25) is 0 Å². The summed E-state index contributed by atoms with van der Waals surface area (Å²) in [6, 6.07) is 0. The first kappa shape index (κ1) is 6.62. The second kappa shape index (κ2) is 2.03. The summed E-state index contributed by atoms with van der Waals surface area (Å²) >= 11 is 5.10. The van der Waals surface area contributed by atoms with Crippen molar-refractivity contribution in [3.8, 4) is 0 Å². The van der Waals surface area contributed by atoms with Crippen molar-refractivity contribution in [2.24, 2.45) is 4.99 Å². The summed E-state index contributed by atoms with van der Waals surface area (Å²) in [5.41, 5.74) is 0.170. The van der Waals surface area contributed by atoms with Gasteiger partial charge in [-0.25, -0.2) is 0 Å². The molecule has 0 bridgehead atoms. The van der Waals surface area contributed by atoms with Crippen LogP contribution in [0.3, 0.4) is 0 Å². The van der Waals surface area contributed by atoms with Crippen LogP contribution in [0.1, 0.15) is 13.8 Å². The van der Waals surface area contributed by atoms with Crippen molar-refractivity contribution in [2.45, 2.75) is 19.4 Å². The third-order valence-electron chi connectivity index (χ3n) is 0.935. The number of aliphatic imine (C=N–C) groups is 1. The van der Waals surface area contributed by atoms with Gasteiger partial charge in [-0.15, -0.1) is 0 Å². The van der Waals surface area contributed by atoms with Gasteiger partial charge in [0.15, 0.2) is 0 Å². The lowest BCUT2D eigenvalue weighted by Gasteiger charge is -2.09. The molecule has 0 unspecified atom stereocenters. The summed E-state index contributed by atoms with van der Waals surface area (Å²) in [7, 11) is 0. The Morgan fingerprint density at radius 3 is 2.50 bits per heavy atom. The maximum absolute atomic E-state index is 4.32. The van der Waals surface area contributed by atoms with Crippen molar-refractivity contribution >= 4 is 31.6 Å². The van der Waals surface area contributed by atoms with E-state index < -0.39 is 0 Å². The third-order valence-corrected chi connectivity index (χ3v) is 2.98. The predicted molar refractivity (Wildman–Crippen MR) is 42.9 cm³/mol. The first-order valence-corrected chi connectivity index (χ1v) is 4.26. The molecule has 0 atom stereocenters. The van der Waals surface area contributed by atoms with E-state index in [0.29, 0.717) is 0 Å². The van der Waals surface area contributed by atoms with Crippen molar-refractivity contribution in [3.05, 3.63) is 0 Å². The van der Waals surface area contributed by atoms with Gasteiger partial charge in [-0.05, 0) is 29.8 Å². The van der Waals surface area contributed by atoms with Crippen LogP contribution in [0.5, 0.6) is 0 Å². The van der Waals surface area contributed by atoms with Crippen LogP contribution in [-0.4, -0.2) is 15.2 Å². The normalized spacial score (nSPS) is 25.6. The SMILES string of the molecule is CC1(C)CSC(Br)=N1. The van der Waals surface area contributed by atoms with Crippen molar-refractivity contribution in [2.75, 3.05) is 5.75 Å². The van der Waals surface area contributed by atoms with E-state index in [9.17, 15) is 0 Å². The predicted octanol–water partition coefficient (Wildman–Crippen LogP) is 2.26. The smallest absolute Gasteiger partial charge is 0.134 e. The van der Waals surface area contributed by atoms with Gasteiger partial charge >= 0.3 is 0 Å². The van der Waals surface area contributed by atoms with E-state index in [-0.39, 0.29) is 5.54 Å². The van der Waals surface area contributed by atoms with E-state index >= 15 is 0 Å². The number of rotatable bonds is 0. The molecule has 0 aromatic heterocycles. The first-order valence-electron chi connectivity index (χ1n) is 2.48. The molecule has 0 spiro atoms. The maximum Gasteiger partial charge on any atom is 0.134 e. The minimum atomic E-state index is 0.170. The van der Waals surface area contributed by atoms with Gasteiger partial charge in [0.2, 0.25) is 0 Å². The summed E-state index contributed by atoms with van der Waals surface area (Å²) in [5.74, 6) is 1.10. The molecule has 1 heterocycles. The number of thioether (sulfide) groups is 1. The van der Waals surface area contributed by atoms with Crippen LogP contribution in [-0.2, 0) is 0 Å². The van der Waals surface area contributed by atoms with E-state index in [1.807, 2.05) is 0 Å². The summed E-state index contributed by atoms with van der Waals surface area (Å²) in [4.78, 5) is 4.32. The molecule has 0 radical (unpaired) electrons. The molecule has 1 rings (SSSR count). The minimum Gasteiger partial charge on any atom is -0.264 e. The molecule has 1 aliphatic rings. The Morgan fingerprint density at radius 1 is 1.75 bits per heavy atom. The fraction of sp³-hybridized carbons (Fsp3) is 0.800. The number of nitrogens with zero attached hydrogens (tertiary/aromatic N) is 1. The van der Waals surface area contributed by atoms with Gasteiger partial charge < -0.3 is 0 Å². The minimum absolute atomic E-state index is 0.170. The van der Waals surface area contributed by atoms with E-state index in [0.717, 1.165) is 9.71 Å². The van der Waals surface area contributed by atoms with Gasteiger partial charge in [-0.3, -0.25) is 4.99 Å². The van der Waals surface area contributed by atoms with Crippen molar-refractivity contribution in [1.29, 1.82) is 0 Å². The highest BCUT2D eigenvalue weighted by Gasteiger charge is 2.23. The van der Waals surface area contributed by atoms with Gasteiger partial charge in [-0.2, -0.15) is 0 Å². The highest BCUT2D eigenvalue weighted by Crippen LogP contribution is 2.29. The highest BCUT2D eigenvalue weighted by molar-refractivity contribution is 9.22. The Bertz CT molecular complexity index is 130. The van der Waals surface area contributed by atoms with Gasteiger partial charge in [0, 0.05) is 5.75 Å². The molecule has 46 valence electrons. The zero-order valence-corrected chi connectivity index (χ0v) is 7.34. The molecule has 1 aliphatic heterocycles. The monoisotopic (exact) mass is 193 g/mol. The molecule has 8 heavy (non-hydrogen) atoms. The van der Waals surface area contributed by atoms with Crippen molar-refractivity contribution < 1.29 is 0 Å². The fourth-order valence-corrected chi connectivity index (χ4v) is 2.21. The average molecular weight is 194 g/mol. The van der Waals surface area contributed by atoms with E-state index in [4.69, 9.17) is 0 Å². The molecule has 0 aromatic rings. The van der Waals surface area contributed by atoms with Crippen LogP contribution in [0.15, 0.2) is 4.99 Å². The molecule has 0 aromatic carbocycles. The quantitative estimate of drug-likeness (QED) is 0.576. The van der Waals surface area contributed by atoms with Crippen molar-refractivity contribution in [3.63, 3.8) is 0 Å². The van der Waals surface area contributed by atoms with Crippen LogP contribution in [0.4, 0.5) is 0 Å². The van der Waals surface area contributed by atoms with Gasteiger partial charge in [0.25, 0.3) is 0 Å². The molecule has 0 saturated carbocycles. The summed E-state index contributed by atoms with van der Waals surface area (Å²) in [5, 5.41) is 0. The van der Waals surface area contributed by atoms with Crippen LogP contribution < -0.4 is 0 Å². The molecule has 0 saturated heterocycles. The number of halogens is 1. The number of hydrogen-bond donors (Lipinski definition) is 0. The Morgan fingerprint density at radius 2 is 2.38 bits per heavy atom. The molecule has 0 aliphatic carbocycles. The average Bonchev–Trinajstić information content (AvgIpc) is 1.82. The van der Waals surface area contributed by atoms with Crippen LogP contribution in [0.25, 0.3) is 0 Å². The summed E-state index contributed by atoms with van der Waals surface area (Å²) in [6.07, 6.45) is 0. The standard InChI is InChI=1S/C5H8BrNS/c1-5(2)3-8-4(6)7-5/h3H2,1-2H3. The van der Waals surface area contributed by atoms with E-state index in [2.05, 4.69) is 34.8 Å².